The van der Waals surface area contributed by atoms with Crippen LogP contribution in [-0.2, 0) is 17.9 Å². The molecule has 2 N–H and O–H groups in total. The summed E-state index contributed by atoms with van der Waals surface area (Å²) < 4.78 is 17.9. The molecular formula is C36H53N7O5S2. The van der Waals surface area contributed by atoms with Crippen LogP contribution in [0.3, 0.4) is 0 Å². The molecule has 0 atom stereocenters. The van der Waals surface area contributed by atoms with Crippen LogP contribution in [0.5, 0.6) is 0 Å². The van der Waals surface area contributed by atoms with E-state index < -0.39 is 16.6 Å². The van der Waals surface area contributed by atoms with Gasteiger partial charge in [-0.2, -0.15) is 10.6 Å². The highest BCUT2D eigenvalue weighted by Gasteiger charge is 2.45. The number of nitrogens with zero attached hydrogens (tertiary/aromatic N) is 5. The summed E-state index contributed by atoms with van der Waals surface area (Å²) >= 11 is 1.28. The molecule has 12 nitrogen and oxygen atoms in total. The van der Waals surface area contributed by atoms with Crippen molar-refractivity contribution in [2.24, 2.45) is 0 Å². The number of aromatic nitrogens is 3. The third-order valence-electron chi connectivity index (χ3n) is 8.22. The van der Waals surface area contributed by atoms with E-state index in [1.165, 1.54) is 11.3 Å². The molecule has 1 aliphatic heterocycles. The molecule has 14 heteroatoms. The molecule has 1 amide bonds. The van der Waals surface area contributed by atoms with Gasteiger partial charge in [0.15, 0.2) is 5.13 Å². The van der Waals surface area contributed by atoms with Crippen LogP contribution >= 0.6 is 21.9 Å². The summed E-state index contributed by atoms with van der Waals surface area (Å²) in [6.07, 6.45) is 2.73. The lowest BCUT2D eigenvalue weighted by atomic mass is 10.1. The van der Waals surface area contributed by atoms with Crippen LogP contribution in [0, 0.1) is 20.8 Å². The van der Waals surface area contributed by atoms with Crippen molar-refractivity contribution in [1.82, 2.24) is 19.9 Å². The van der Waals surface area contributed by atoms with Gasteiger partial charge in [0.25, 0.3) is 5.91 Å². The fraction of sp³-hybridized carbons (Fsp3) is 0.528. The lowest BCUT2D eigenvalue weighted by Gasteiger charge is -2.60. The van der Waals surface area contributed by atoms with Gasteiger partial charge in [0, 0.05) is 50.6 Å². The van der Waals surface area contributed by atoms with Gasteiger partial charge in [-0.1, -0.05) is 36.1 Å². The number of anilines is 4. The smallest absolute Gasteiger partial charge is 0.330 e. The Balaban J connectivity index is 1.32. The molecule has 1 aliphatic rings. The number of rotatable bonds is 14. The number of amides is 1. The van der Waals surface area contributed by atoms with Crippen LogP contribution in [0.1, 0.15) is 68.2 Å². The van der Waals surface area contributed by atoms with Crippen molar-refractivity contribution in [3.8, 4) is 0 Å². The summed E-state index contributed by atoms with van der Waals surface area (Å²) in [5, 5.41) is 6.87. The van der Waals surface area contributed by atoms with E-state index in [4.69, 9.17) is 18.1 Å². The standard InChI is InChI=1S/C36H53N7O5S2/c1-11-31(44)46-21-22-48-50(35(5,6)7,36(8,9)10)47-20-19-42-15-17-43(18-16-42)30-23-29(38-27(4)39-30)40-34-37-24-28(49-34)33(45)41-32-25(2)13-12-14-26(32)3/h11-14,23-24H,1,15-22H2,2-10H3,(H,41,45)(H,37,38,39,40). The Kier molecular flexibility index (Phi) is 13.1. The Hall–Kier alpha value is -3.56. The van der Waals surface area contributed by atoms with E-state index in [2.05, 4.69) is 78.5 Å². The number of esters is 1. The summed E-state index contributed by atoms with van der Waals surface area (Å²) in [4.78, 5) is 43.4. The molecule has 3 aromatic rings. The number of piperazine rings is 1. The number of carbonyl (C=O) groups excluding carboxylic acids is 2. The molecule has 0 saturated carbocycles. The van der Waals surface area contributed by atoms with Crippen molar-refractivity contribution < 1.29 is 22.7 Å². The topological polar surface area (TPSA) is 131 Å². The van der Waals surface area contributed by atoms with E-state index >= 15 is 0 Å². The van der Waals surface area contributed by atoms with Crippen molar-refractivity contribution in [3.05, 3.63) is 64.9 Å². The van der Waals surface area contributed by atoms with Gasteiger partial charge >= 0.3 is 5.97 Å². The molecule has 3 heterocycles. The first-order valence-corrected chi connectivity index (χ1v) is 19.2. The largest absolute Gasteiger partial charge is 0.460 e. The summed E-state index contributed by atoms with van der Waals surface area (Å²) in [7, 11) is -2.05. The zero-order valence-corrected chi connectivity index (χ0v) is 32.6. The second-order valence-electron chi connectivity index (χ2n) is 14.1. The van der Waals surface area contributed by atoms with E-state index in [0.717, 1.165) is 61.4 Å². The molecule has 1 fully saturated rings. The fourth-order valence-electron chi connectivity index (χ4n) is 6.01. The van der Waals surface area contributed by atoms with Gasteiger partial charge in [-0.05, 0) is 73.4 Å². The third kappa shape index (κ3) is 9.81. The monoisotopic (exact) mass is 727 g/mol. The maximum absolute atomic E-state index is 13.0. The molecule has 0 aliphatic carbocycles. The lowest BCUT2D eigenvalue weighted by molar-refractivity contribution is -0.138. The molecule has 2 aromatic heterocycles. The Labute approximate surface area is 302 Å². The number of ether oxygens (including phenoxy) is 1. The Morgan fingerprint density at radius 3 is 2.22 bits per heavy atom. The minimum atomic E-state index is -2.05. The highest BCUT2D eigenvalue weighted by molar-refractivity contribution is 8.28. The van der Waals surface area contributed by atoms with E-state index in [1.807, 2.05) is 45.0 Å². The third-order valence-corrected chi connectivity index (χ3v) is 13.4. The van der Waals surface area contributed by atoms with Crippen molar-refractivity contribution in [1.29, 1.82) is 0 Å². The van der Waals surface area contributed by atoms with Crippen molar-refractivity contribution >= 4 is 56.3 Å². The first-order valence-electron chi connectivity index (χ1n) is 16.9. The van der Waals surface area contributed by atoms with Crippen molar-refractivity contribution in [3.63, 3.8) is 0 Å². The van der Waals surface area contributed by atoms with Gasteiger partial charge in [-0.15, -0.1) is 0 Å². The maximum Gasteiger partial charge on any atom is 0.330 e. The molecule has 4 rings (SSSR count). The second kappa shape index (κ2) is 16.6. The zero-order valence-electron chi connectivity index (χ0n) is 30.9. The molecule has 50 heavy (non-hydrogen) atoms. The average molecular weight is 728 g/mol. The Morgan fingerprint density at radius 2 is 1.60 bits per heavy atom. The zero-order chi connectivity index (χ0) is 36.7. The summed E-state index contributed by atoms with van der Waals surface area (Å²) in [5.41, 5.74) is 2.84. The number of thiazole rings is 1. The van der Waals surface area contributed by atoms with Crippen LogP contribution < -0.4 is 15.5 Å². The van der Waals surface area contributed by atoms with E-state index in [9.17, 15) is 9.59 Å². The van der Waals surface area contributed by atoms with Gasteiger partial charge in [-0.3, -0.25) is 18.1 Å². The van der Waals surface area contributed by atoms with Gasteiger partial charge in [0.05, 0.1) is 22.3 Å². The molecule has 274 valence electrons. The van der Waals surface area contributed by atoms with E-state index in [0.29, 0.717) is 28.3 Å². The predicted octanol–water partition coefficient (Wildman–Crippen LogP) is 6.97. The predicted molar refractivity (Wildman–Crippen MR) is 205 cm³/mol. The SMILES string of the molecule is C=CC(=O)OCCOS(OCCN1CCN(c2cc(Nc3ncc(C(=O)Nc4c(C)cccc4C)s3)nc(C)n2)CC1)(C(C)(C)C)C(C)(C)C. The second-order valence-corrected chi connectivity index (χ2v) is 19.1. The minimum absolute atomic E-state index is 0.146. The van der Waals surface area contributed by atoms with Crippen LogP contribution in [0.25, 0.3) is 0 Å². The van der Waals surface area contributed by atoms with Gasteiger partial charge in [0.1, 0.15) is 35.6 Å². The quantitative estimate of drug-likeness (QED) is 0.101. The van der Waals surface area contributed by atoms with Crippen LogP contribution in [-0.4, -0.2) is 93.8 Å². The van der Waals surface area contributed by atoms with Crippen molar-refractivity contribution in [2.75, 3.05) is 68.1 Å². The summed E-state index contributed by atoms with van der Waals surface area (Å²) in [6.45, 7) is 27.2. The molecule has 0 spiro atoms. The van der Waals surface area contributed by atoms with Crippen LogP contribution in [0.4, 0.5) is 22.5 Å². The van der Waals surface area contributed by atoms with Gasteiger partial charge in [-0.25, -0.2) is 19.7 Å². The highest BCUT2D eigenvalue weighted by Crippen LogP contribution is 2.69. The van der Waals surface area contributed by atoms with Crippen LogP contribution in [0.2, 0.25) is 0 Å². The number of benzene rings is 1. The maximum atomic E-state index is 13.0. The number of nitrogens with one attached hydrogen (secondary N) is 2. The fourth-order valence-corrected chi connectivity index (χ4v) is 10.7. The highest BCUT2D eigenvalue weighted by atomic mass is 32.3. The van der Waals surface area contributed by atoms with Crippen molar-refractivity contribution in [2.45, 2.75) is 71.8 Å². The number of carbonyl (C=O) groups is 2. The molecular weight excluding hydrogens is 675 g/mol. The number of hydrogen-bond acceptors (Lipinski definition) is 12. The average Bonchev–Trinajstić information content (AvgIpc) is 3.51. The molecule has 0 radical (unpaired) electrons. The number of aryl methyl sites for hydroxylation is 3. The molecule has 0 unspecified atom stereocenters. The number of hydrogen-bond donors (Lipinski definition) is 2. The number of para-hydroxylation sites is 1. The molecule has 1 saturated heterocycles. The van der Waals surface area contributed by atoms with E-state index in [-0.39, 0.29) is 28.6 Å². The van der Waals surface area contributed by atoms with Gasteiger partial charge in [0.2, 0.25) is 0 Å². The Morgan fingerprint density at radius 1 is 0.960 bits per heavy atom. The lowest BCUT2D eigenvalue weighted by Crippen LogP contribution is -2.48. The van der Waals surface area contributed by atoms with E-state index in [1.54, 1.807) is 6.20 Å². The summed E-state index contributed by atoms with van der Waals surface area (Å²) in [5.74, 6) is 1.46. The first-order chi connectivity index (χ1) is 23.5. The van der Waals surface area contributed by atoms with Crippen LogP contribution in [0.15, 0.2) is 43.1 Å². The first kappa shape index (κ1) is 39.2. The van der Waals surface area contributed by atoms with Gasteiger partial charge < -0.3 is 20.3 Å². The minimum Gasteiger partial charge on any atom is -0.460 e. The molecule has 1 aromatic carbocycles. The summed E-state index contributed by atoms with van der Waals surface area (Å²) in [6, 6.07) is 7.86. The Bertz CT molecular complexity index is 1610. The normalized spacial score (nSPS) is 14.7. The molecule has 0 bridgehead atoms.